The van der Waals surface area contributed by atoms with Crippen LogP contribution in [-0.4, -0.2) is 10.9 Å². The summed E-state index contributed by atoms with van der Waals surface area (Å²) in [7, 11) is 0. The first-order valence-corrected chi connectivity index (χ1v) is 13.9. The number of Topliss-reactive ketones (excluding diaryl/α,β-unsaturated/α-hetero) is 1. The van der Waals surface area contributed by atoms with Crippen molar-refractivity contribution < 1.29 is 9.90 Å². The largest absolute Gasteiger partial charge is 0.380 e. The zero-order valence-electron chi connectivity index (χ0n) is 23.0. The number of ketones is 1. The molecule has 6 aromatic rings. The van der Waals surface area contributed by atoms with Crippen LogP contribution >= 0.6 is 0 Å². The lowest BCUT2D eigenvalue weighted by Crippen LogP contribution is -2.14. The zero-order chi connectivity index (χ0) is 28.7. The number of para-hydroxylation sites is 4. The predicted octanol–water partition coefficient (Wildman–Crippen LogP) is 9.54. The molecule has 4 heteroatoms. The topological polar surface area (TPSA) is 43.8 Å². The van der Waals surface area contributed by atoms with Gasteiger partial charge >= 0.3 is 0 Å². The van der Waals surface area contributed by atoms with Crippen LogP contribution in [-0.2, 0) is 0 Å². The summed E-state index contributed by atoms with van der Waals surface area (Å²) in [5.41, 5.74) is 6.93. The summed E-state index contributed by atoms with van der Waals surface area (Å²) in [6.07, 6.45) is -1.27. The Kier molecular flexibility index (Phi) is 7.89. The molecule has 4 nitrogen and oxygen atoms in total. The van der Waals surface area contributed by atoms with Gasteiger partial charge in [-0.25, -0.2) is 0 Å². The van der Waals surface area contributed by atoms with Crippen molar-refractivity contribution in [1.29, 1.82) is 0 Å². The number of benzene rings is 6. The second-order valence-corrected chi connectivity index (χ2v) is 9.92. The highest BCUT2D eigenvalue weighted by molar-refractivity contribution is 6.00. The van der Waals surface area contributed by atoms with Crippen LogP contribution in [0.2, 0.25) is 0 Å². The van der Waals surface area contributed by atoms with Gasteiger partial charge < -0.3 is 14.9 Å². The molecule has 0 heterocycles. The number of hydrogen-bond acceptors (Lipinski definition) is 4. The van der Waals surface area contributed by atoms with Crippen molar-refractivity contribution >= 4 is 39.9 Å². The van der Waals surface area contributed by atoms with E-state index >= 15 is 0 Å². The van der Waals surface area contributed by atoms with E-state index in [-0.39, 0.29) is 5.78 Å². The van der Waals surface area contributed by atoms with Crippen LogP contribution in [0.15, 0.2) is 170 Å². The van der Waals surface area contributed by atoms with E-state index in [4.69, 9.17) is 0 Å². The Morgan fingerprint density at radius 2 is 0.690 bits per heavy atom. The molecule has 6 aromatic carbocycles. The molecule has 0 saturated carbocycles. The number of nitrogens with zero attached hydrogens (tertiary/aromatic N) is 2. The minimum Gasteiger partial charge on any atom is -0.380 e. The van der Waals surface area contributed by atoms with E-state index in [1.54, 1.807) is 12.1 Å². The van der Waals surface area contributed by atoms with Crippen LogP contribution in [0.5, 0.6) is 0 Å². The lowest BCUT2D eigenvalue weighted by Gasteiger charge is -2.26. The number of aliphatic hydroxyl groups excluding tert-OH is 1. The molecule has 0 aromatic heterocycles. The monoisotopic (exact) mass is 546 g/mol. The molecular weight excluding hydrogens is 516 g/mol. The molecule has 0 bridgehead atoms. The van der Waals surface area contributed by atoms with Crippen LogP contribution in [0.1, 0.15) is 22.0 Å². The van der Waals surface area contributed by atoms with Crippen molar-refractivity contribution in [3.63, 3.8) is 0 Å². The van der Waals surface area contributed by atoms with Crippen LogP contribution in [0, 0.1) is 0 Å². The summed E-state index contributed by atoms with van der Waals surface area (Å²) in [5.74, 6) is -0.344. The molecule has 1 atom stereocenters. The fourth-order valence-corrected chi connectivity index (χ4v) is 5.09. The second kappa shape index (κ2) is 12.4. The average Bonchev–Trinajstić information content (AvgIpc) is 3.07. The molecule has 0 aliphatic carbocycles. The maximum absolute atomic E-state index is 13.4. The highest BCUT2D eigenvalue weighted by Gasteiger charge is 2.21. The highest BCUT2D eigenvalue weighted by Crippen LogP contribution is 2.36. The maximum atomic E-state index is 13.4. The average molecular weight is 547 g/mol. The van der Waals surface area contributed by atoms with Crippen molar-refractivity contribution in [2.45, 2.75) is 6.10 Å². The highest BCUT2D eigenvalue weighted by atomic mass is 16.3. The fourth-order valence-electron chi connectivity index (χ4n) is 5.09. The first-order valence-electron chi connectivity index (χ1n) is 13.9. The Morgan fingerprint density at radius 3 is 1.02 bits per heavy atom. The van der Waals surface area contributed by atoms with Gasteiger partial charge in [-0.05, 0) is 90.5 Å². The summed E-state index contributed by atoms with van der Waals surface area (Å²) < 4.78 is 0. The van der Waals surface area contributed by atoms with E-state index in [2.05, 4.69) is 58.3 Å². The summed E-state index contributed by atoms with van der Waals surface area (Å²) in [6.45, 7) is 0. The fraction of sp³-hybridized carbons (Fsp3) is 0.0263. The molecule has 0 aliphatic heterocycles. The predicted molar refractivity (Wildman–Crippen MR) is 172 cm³/mol. The third-order valence-corrected chi connectivity index (χ3v) is 7.18. The summed E-state index contributed by atoms with van der Waals surface area (Å²) in [4.78, 5) is 17.6. The van der Waals surface area contributed by atoms with Gasteiger partial charge in [0.25, 0.3) is 0 Å². The third kappa shape index (κ3) is 5.71. The zero-order valence-corrected chi connectivity index (χ0v) is 23.0. The summed E-state index contributed by atoms with van der Waals surface area (Å²) in [6, 6.07) is 55.3. The Labute approximate surface area is 246 Å². The first-order chi connectivity index (χ1) is 20.7. The van der Waals surface area contributed by atoms with Crippen LogP contribution < -0.4 is 9.80 Å². The van der Waals surface area contributed by atoms with Crippen molar-refractivity contribution in [3.05, 3.63) is 181 Å². The van der Waals surface area contributed by atoms with Crippen molar-refractivity contribution in [1.82, 2.24) is 0 Å². The molecule has 42 heavy (non-hydrogen) atoms. The summed E-state index contributed by atoms with van der Waals surface area (Å²) >= 11 is 0. The Hall–Kier alpha value is -5.45. The third-order valence-electron chi connectivity index (χ3n) is 7.18. The number of aliphatic hydroxyl groups is 1. The lowest BCUT2D eigenvalue weighted by molar-refractivity contribution is 0.0747. The van der Waals surface area contributed by atoms with Gasteiger partial charge in [0, 0.05) is 39.7 Å². The van der Waals surface area contributed by atoms with Gasteiger partial charge in [-0.1, -0.05) is 84.9 Å². The first kappa shape index (κ1) is 26.8. The Balaban J connectivity index is 1.24. The maximum Gasteiger partial charge on any atom is 0.195 e. The van der Waals surface area contributed by atoms with Gasteiger partial charge in [-0.2, -0.15) is 0 Å². The Bertz CT molecular complexity index is 1640. The second-order valence-electron chi connectivity index (χ2n) is 9.92. The van der Waals surface area contributed by atoms with Crippen molar-refractivity contribution in [3.8, 4) is 0 Å². The van der Waals surface area contributed by atoms with Crippen molar-refractivity contribution in [2.75, 3.05) is 9.80 Å². The van der Waals surface area contributed by atoms with E-state index in [1.165, 1.54) is 0 Å². The SMILES string of the molecule is O=C(c1ccc(N(c2ccccc2)c2ccccc2)cc1)C(O)c1ccc(N(c2ccccc2)c2ccccc2)cc1. The number of carbonyl (C=O) groups excluding carboxylic acids is 1. The standard InChI is InChI=1S/C38H30N2O2/c41-37(29-21-25-35(26-22-29)39(31-13-5-1-6-14-31)32-15-7-2-8-16-32)38(42)30-23-27-36(28-24-30)40(33-17-9-3-10-18-33)34-19-11-4-12-20-34/h1-28,37,41H. The van der Waals surface area contributed by atoms with E-state index in [0.29, 0.717) is 11.1 Å². The van der Waals surface area contributed by atoms with Gasteiger partial charge in [-0.3, -0.25) is 4.79 Å². The normalized spacial score (nSPS) is 11.5. The minimum atomic E-state index is -1.27. The quantitative estimate of drug-likeness (QED) is 0.183. The van der Waals surface area contributed by atoms with Crippen LogP contribution in [0.25, 0.3) is 0 Å². The molecule has 0 amide bonds. The minimum absolute atomic E-state index is 0.344. The molecule has 1 N–H and O–H groups in total. The molecule has 0 aliphatic rings. The van der Waals surface area contributed by atoms with Gasteiger partial charge in [0.15, 0.2) is 5.78 Å². The van der Waals surface area contributed by atoms with E-state index in [0.717, 1.165) is 34.1 Å². The van der Waals surface area contributed by atoms with Crippen molar-refractivity contribution in [2.24, 2.45) is 0 Å². The number of carbonyl (C=O) groups is 1. The number of anilines is 6. The molecular formula is C38H30N2O2. The van der Waals surface area contributed by atoms with Gasteiger partial charge in [-0.15, -0.1) is 0 Å². The molecule has 0 fully saturated rings. The van der Waals surface area contributed by atoms with Gasteiger partial charge in [0.05, 0.1) is 0 Å². The molecule has 204 valence electrons. The number of hydrogen-bond donors (Lipinski definition) is 1. The Morgan fingerprint density at radius 1 is 0.405 bits per heavy atom. The molecule has 6 rings (SSSR count). The molecule has 0 radical (unpaired) electrons. The molecule has 0 saturated heterocycles. The van der Waals surface area contributed by atoms with E-state index in [9.17, 15) is 9.90 Å². The number of rotatable bonds is 9. The summed E-state index contributed by atoms with van der Waals surface area (Å²) in [5, 5.41) is 11.1. The molecule has 0 spiro atoms. The van der Waals surface area contributed by atoms with E-state index < -0.39 is 6.10 Å². The van der Waals surface area contributed by atoms with Crippen LogP contribution in [0.4, 0.5) is 34.1 Å². The van der Waals surface area contributed by atoms with Gasteiger partial charge in [0.2, 0.25) is 0 Å². The smallest absolute Gasteiger partial charge is 0.195 e. The van der Waals surface area contributed by atoms with Gasteiger partial charge in [0.1, 0.15) is 6.10 Å². The van der Waals surface area contributed by atoms with Crippen LogP contribution in [0.3, 0.4) is 0 Å². The molecule has 1 unspecified atom stereocenters. The van der Waals surface area contributed by atoms with E-state index in [1.807, 2.05) is 109 Å². The lowest BCUT2D eigenvalue weighted by atomic mass is 9.99.